The molecule has 0 aromatic carbocycles. The number of pyridine rings is 1. The lowest BCUT2D eigenvalue weighted by Gasteiger charge is -2.20. The second-order valence-electron chi connectivity index (χ2n) is 4.53. The van der Waals surface area contributed by atoms with E-state index >= 15 is 0 Å². The summed E-state index contributed by atoms with van der Waals surface area (Å²) in [4.78, 5) is 17.9. The third kappa shape index (κ3) is 4.63. The molecule has 0 spiro atoms. The number of nitrogens with one attached hydrogen (secondary N) is 1. The zero-order chi connectivity index (χ0) is 13.5. The molecule has 0 bridgehead atoms. The van der Waals surface area contributed by atoms with E-state index in [1.807, 2.05) is 0 Å². The van der Waals surface area contributed by atoms with Crippen molar-refractivity contribution in [1.29, 1.82) is 0 Å². The van der Waals surface area contributed by atoms with Crippen molar-refractivity contribution in [3.05, 3.63) is 29.0 Å². The summed E-state index contributed by atoms with van der Waals surface area (Å²) in [5.41, 5.74) is 0.427. The fourth-order valence-electron chi connectivity index (χ4n) is 1.44. The fraction of sp³-hybridized carbons (Fsp3) is 0.538. The molecule has 1 aromatic rings. The molecule has 0 aliphatic rings. The molecule has 0 saturated carbocycles. The van der Waals surface area contributed by atoms with Gasteiger partial charge < -0.3 is 10.2 Å². The van der Waals surface area contributed by atoms with Gasteiger partial charge in [-0.25, -0.2) is 4.98 Å². The van der Waals surface area contributed by atoms with Crippen molar-refractivity contribution in [3.8, 4) is 0 Å². The van der Waals surface area contributed by atoms with Crippen molar-refractivity contribution in [1.82, 2.24) is 15.2 Å². The molecule has 1 heterocycles. The van der Waals surface area contributed by atoms with Gasteiger partial charge in [0.2, 0.25) is 0 Å². The van der Waals surface area contributed by atoms with E-state index < -0.39 is 0 Å². The smallest absolute Gasteiger partial charge is 0.254 e. The summed E-state index contributed by atoms with van der Waals surface area (Å²) in [5.74, 6) is -0.166. The zero-order valence-electron chi connectivity index (χ0n) is 11.1. The summed E-state index contributed by atoms with van der Waals surface area (Å²) < 4.78 is 0. The van der Waals surface area contributed by atoms with Gasteiger partial charge in [-0.3, -0.25) is 4.79 Å². The monoisotopic (exact) mass is 269 g/mol. The summed E-state index contributed by atoms with van der Waals surface area (Å²) in [7, 11) is 2.07. The van der Waals surface area contributed by atoms with Gasteiger partial charge in [-0.15, -0.1) is 0 Å². The van der Waals surface area contributed by atoms with E-state index in [9.17, 15) is 4.79 Å². The van der Waals surface area contributed by atoms with Crippen molar-refractivity contribution in [2.24, 2.45) is 0 Å². The summed E-state index contributed by atoms with van der Waals surface area (Å²) >= 11 is 5.84. The number of carbonyl (C=O) groups excluding carboxylic acids is 1. The molecule has 0 unspecified atom stereocenters. The Morgan fingerprint density at radius 2 is 2.28 bits per heavy atom. The summed E-state index contributed by atoms with van der Waals surface area (Å²) in [6.07, 6.45) is 2.48. The largest absolute Gasteiger partial charge is 0.352 e. The Morgan fingerprint density at radius 3 is 2.89 bits per heavy atom. The zero-order valence-corrected chi connectivity index (χ0v) is 11.9. The molecule has 5 heteroatoms. The van der Waals surface area contributed by atoms with Gasteiger partial charge in [-0.05, 0) is 46.0 Å². The maximum absolute atomic E-state index is 11.8. The topological polar surface area (TPSA) is 45.2 Å². The van der Waals surface area contributed by atoms with Gasteiger partial charge in [0.15, 0.2) is 0 Å². The second kappa shape index (κ2) is 7.34. The second-order valence-corrected chi connectivity index (χ2v) is 4.88. The van der Waals surface area contributed by atoms with Crippen LogP contribution in [0.1, 0.15) is 30.6 Å². The molecule has 0 radical (unpaired) electrons. The summed E-state index contributed by atoms with van der Waals surface area (Å²) in [5, 5.41) is 3.09. The van der Waals surface area contributed by atoms with Crippen LogP contribution < -0.4 is 5.32 Å². The third-order valence-corrected chi connectivity index (χ3v) is 3.16. The van der Waals surface area contributed by atoms with Crippen LogP contribution in [0.2, 0.25) is 5.15 Å². The number of hydrogen-bond acceptors (Lipinski definition) is 3. The van der Waals surface area contributed by atoms with Crippen molar-refractivity contribution in [3.63, 3.8) is 0 Å². The van der Waals surface area contributed by atoms with Gasteiger partial charge in [0.25, 0.3) is 5.91 Å². The van der Waals surface area contributed by atoms with Crippen LogP contribution in [0.15, 0.2) is 18.3 Å². The number of hydrogen-bond donors (Lipinski definition) is 1. The van der Waals surface area contributed by atoms with E-state index in [1.165, 1.54) is 0 Å². The standard InChI is InChI=1S/C13H20ClN3O/c1-10(2)17(3)9-5-8-16-13(18)11-6-4-7-15-12(11)14/h4,6-7,10H,5,8-9H2,1-3H3,(H,16,18). The first-order valence-corrected chi connectivity index (χ1v) is 6.49. The highest BCUT2D eigenvalue weighted by atomic mass is 35.5. The minimum atomic E-state index is -0.166. The fourth-order valence-corrected chi connectivity index (χ4v) is 1.64. The molecule has 100 valence electrons. The van der Waals surface area contributed by atoms with Gasteiger partial charge >= 0.3 is 0 Å². The molecule has 1 N–H and O–H groups in total. The quantitative estimate of drug-likeness (QED) is 0.636. The highest BCUT2D eigenvalue weighted by Crippen LogP contribution is 2.10. The maximum Gasteiger partial charge on any atom is 0.254 e. The molecule has 1 rings (SSSR count). The van der Waals surface area contributed by atoms with Crippen LogP contribution in [0, 0.1) is 0 Å². The molecule has 0 atom stereocenters. The predicted molar refractivity (Wildman–Crippen MR) is 74.0 cm³/mol. The number of nitrogens with zero attached hydrogens (tertiary/aromatic N) is 2. The normalized spacial score (nSPS) is 11.0. The first-order chi connectivity index (χ1) is 8.52. The molecule has 18 heavy (non-hydrogen) atoms. The minimum absolute atomic E-state index is 0.166. The molecule has 1 aromatic heterocycles. The summed E-state index contributed by atoms with van der Waals surface area (Å²) in [6.45, 7) is 5.89. The van der Waals surface area contributed by atoms with Crippen molar-refractivity contribution in [2.75, 3.05) is 20.1 Å². The van der Waals surface area contributed by atoms with E-state index in [0.717, 1.165) is 13.0 Å². The lowest BCUT2D eigenvalue weighted by Crippen LogP contribution is -2.31. The van der Waals surface area contributed by atoms with Crippen LogP contribution in [0.3, 0.4) is 0 Å². The van der Waals surface area contributed by atoms with E-state index in [-0.39, 0.29) is 11.1 Å². The highest BCUT2D eigenvalue weighted by molar-refractivity contribution is 6.32. The van der Waals surface area contributed by atoms with Crippen LogP contribution in [-0.2, 0) is 0 Å². The number of amides is 1. The van der Waals surface area contributed by atoms with Crippen LogP contribution in [-0.4, -0.2) is 42.0 Å². The Bertz CT molecular complexity index is 396. The van der Waals surface area contributed by atoms with Gasteiger partial charge in [-0.2, -0.15) is 0 Å². The molecule has 0 saturated heterocycles. The van der Waals surface area contributed by atoms with E-state index in [2.05, 4.69) is 36.1 Å². The SMILES string of the molecule is CC(C)N(C)CCCNC(=O)c1cccnc1Cl. The average Bonchev–Trinajstić information content (AvgIpc) is 2.34. The molecule has 1 amide bonds. The molecular formula is C13H20ClN3O. The Morgan fingerprint density at radius 1 is 1.56 bits per heavy atom. The Labute approximate surface area is 113 Å². The van der Waals surface area contributed by atoms with Gasteiger partial charge in [0.05, 0.1) is 5.56 Å². The first kappa shape index (κ1) is 14.9. The molecule has 0 aliphatic heterocycles. The lowest BCUT2D eigenvalue weighted by molar-refractivity contribution is 0.0951. The highest BCUT2D eigenvalue weighted by Gasteiger charge is 2.09. The van der Waals surface area contributed by atoms with Gasteiger partial charge in [0.1, 0.15) is 5.15 Å². The molecule has 4 nitrogen and oxygen atoms in total. The molecule has 0 aliphatic carbocycles. The first-order valence-electron chi connectivity index (χ1n) is 6.11. The number of aromatic nitrogens is 1. The van der Waals surface area contributed by atoms with Gasteiger partial charge in [-0.1, -0.05) is 11.6 Å². The summed E-state index contributed by atoms with van der Waals surface area (Å²) in [6, 6.07) is 3.89. The minimum Gasteiger partial charge on any atom is -0.352 e. The lowest BCUT2D eigenvalue weighted by atomic mass is 10.2. The van der Waals surface area contributed by atoms with Gasteiger partial charge in [0, 0.05) is 18.8 Å². The number of halogens is 1. The van der Waals surface area contributed by atoms with Crippen molar-refractivity contribution < 1.29 is 4.79 Å². The van der Waals surface area contributed by atoms with Crippen molar-refractivity contribution in [2.45, 2.75) is 26.3 Å². The van der Waals surface area contributed by atoms with Crippen molar-refractivity contribution >= 4 is 17.5 Å². The van der Waals surface area contributed by atoms with E-state index in [0.29, 0.717) is 18.2 Å². The van der Waals surface area contributed by atoms with E-state index in [4.69, 9.17) is 11.6 Å². The predicted octanol–water partition coefficient (Wildman–Crippen LogP) is 2.20. The Hall–Kier alpha value is -1.13. The molecular weight excluding hydrogens is 250 g/mol. The van der Waals surface area contributed by atoms with Crippen LogP contribution in [0.4, 0.5) is 0 Å². The number of carbonyl (C=O) groups is 1. The Kier molecular flexibility index (Phi) is 6.09. The van der Waals surface area contributed by atoms with E-state index in [1.54, 1.807) is 18.3 Å². The van der Waals surface area contributed by atoms with Crippen LogP contribution in [0.25, 0.3) is 0 Å². The maximum atomic E-state index is 11.8. The van der Waals surface area contributed by atoms with Crippen LogP contribution in [0.5, 0.6) is 0 Å². The third-order valence-electron chi connectivity index (χ3n) is 2.86. The van der Waals surface area contributed by atoms with Crippen LogP contribution >= 0.6 is 11.6 Å². The molecule has 0 fully saturated rings. The number of rotatable bonds is 6. The Balaban J connectivity index is 2.32. The average molecular weight is 270 g/mol.